The van der Waals surface area contributed by atoms with Gasteiger partial charge in [0.15, 0.2) is 0 Å². The number of thioether (sulfide) groups is 1. The highest BCUT2D eigenvalue weighted by Crippen LogP contribution is 2.33. The third-order valence-corrected chi connectivity index (χ3v) is 6.38. The van der Waals surface area contributed by atoms with E-state index in [-0.39, 0.29) is 0 Å². The van der Waals surface area contributed by atoms with E-state index in [1.54, 1.807) is 11.8 Å². The van der Waals surface area contributed by atoms with Crippen LogP contribution in [0.25, 0.3) is 22.2 Å². The third kappa shape index (κ3) is 3.60. The molecule has 2 aromatic carbocycles. The number of nitrogens with zero attached hydrogens (tertiary/aromatic N) is 1. The summed E-state index contributed by atoms with van der Waals surface area (Å²) in [6.45, 7) is 2.23. The SMILES string of the molecule is S=C(SCc1c(-c2ccccc2)[nH]c2ccccc12)N1CCCCC1. The van der Waals surface area contributed by atoms with Crippen LogP contribution in [0.2, 0.25) is 0 Å². The molecule has 1 aliphatic rings. The number of aromatic amines is 1. The summed E-state index contributed by atoms with van der Waals surface area (Å²) in [4.78, 5) is 5.99. The number of hydrogen-bond donors (Lipinski definition) is 1. The maximum absolute atomic E-state index is 5.71. The molecule has 25 heavy (non-hydrogen) atoms. The van der Waals surface area contributed by atoms with Crippen molar-refractivity contribution < 1.29 is 0 Å². The number of aromatic nitrogens is 1. The van der Waals surface area contributed by atoms with Gasteiger partial charge in [0.25, 0.3) is 0 Å². The number of para-hydroxylation sites is 1. The van der Waals surface area contributed by atoms with Crippen LogP contribution >= 0.6 is 24.0 Å². The Morgan fingerprint density at radius 2 is 1.68 bits per heavy atom. The van der Waals surface area contributed by atoms with Crippen molar-refractivity contribution in [3.8, 4) is 11.3 Å². The van der Waals surface area contributed by atoms with Crippen LogP contribution in [-0.2, 0) is 5.75 Å². The molecule has 0 aliphatic carbocycles. The van der Waals surface area contributed by atoms with E-state index in [0.717, 1.165) is 23.2 Å². The van der Waals surface area contributed by atoms with Crippen molar-refractivity contribution in [1.82, 2.24) is 9.88 Å². The minimum absolute atomic E-state index is 0.906. The average Bonchev–Trinajstić information content (AvgIpc) is 3.06. The van der Waals surface area contributed by atoms with Crippen molar-refractivity contribution in [3.63, 3.8) is 0 Å². The Balaban J connectivity index is 1.62. The summed E-state index contributed by atoms with van der Waals surface area (Å²) in [6, 6.07) is 19.1. The molecule has 3 aromatic rings. The molecule has 0 radical (unpaired) electrons. The van der Waals surface area contributed by atoms with Crippen molar-refractivity contribution >= 4 is 39.2 Å². The van der Waals surface area contributed by atoms with E-state index in [4.69, 9.17) is 12.2 Å². The highest BCUT2D eigenvalue weighted by Gasteiger charge is 2.17. The fourth-order valence-electron chi connectivity index (χ4n) is 3.50. The minimum Gasteiger partial charge on any atom is -0.358 e. The first-order valence-electron chi connectivity index (χ1n) is 8.89. The first-order valence-corrected chi connectivity index (χ1v) is 10.3. The maximum atomic E-state index is 5.71. The molecule has 1 saturated heterocycles. The average molecular weight is 367 g/mol. The van der Waals surface area contributed by atoms with Gasteiger partial charge in [-0.1, -0.05) is 72.5 Å². The van der Waals surface area contributed by atoms with Crippen LogP contribution in [0.5, 0.6) is 0 Å². The topological polar surface area (TPSA) is 19.0 Å². The normalized spacial score (nSPS) is 14.8. The third-order valence-electron chi connectivity index (χ3n) is 4.83. The first kappa shape index (κ1) is 16.7. The van der Waals surface area contributed by atoms with Crippen molar-refractivity contribution in [2.45, 2.75) is 25.0 Å². The zero-order chi connectivity index (χ0) is 17.1. The Bertz CT molecular complexity index is 864. The number of piperidine rings is 1. The second kappa shape index (κ2) is 7.63. The van der Waals surface area contributed by atoms with Gasteiger partial charge in [-0.2, -0.15) is 0 Å². The molecule has 1 aliphatic heterocycles. The quantitative estimate of drug-likeness (QED) is 0.588. The van der Waals surface area contributed by atoms with Gasteiger partial charge in [-0.05, 0) is 36.5 Å². The van der Waals surface area contributed by atoms with E-state index in [2.05, 4.69) is 64.5 Å². The van der Waals surface area contributed by atoms with Gasteiger partial charge in [0.2, 0.25) is 0 Å². The number of fused-ring (bicyclic) bond motifs is 1. The second-order valence-corrected chi connectivity index (χ2v) is 8.10. The standard InChI is InChI=1S/C21H22N2S2/c24-21(23-13-7-2-8-14-23)25-15-18-17-11-5-6-12-19(17)22-20(18)16-9-3-1-4-10-16/h1,3-6,9-12,22H,2,7-8,13-15H2. The first-order chi connectivity index (χ1) is 12.3. The lowest BCUT2D eigenvalue weighted by Gasteiger charge is -2.28. The fourth-order valence-corrected chi connectivity index (χ4v) is 4.80. The van der Waals surface area contributed by atoms with E-state index in [1.807, 2.05) is 0 Å². The molecular formula is C21H22N2S2. The van der Waals surface area contributed by atoms with Crippen molar-refractivity contribution in [1.29, 1.82) is 0 Å². The molecule has 1 aromatic heterocycles. The molecule has 1 N–H and O–H groups in total. The van der Waals surface area contributed by atoms with Gasteiger partial charge in [0.1, 0.15) is 4.32 Å². The summed E-state index contributed by atoms with van der Waals surface area (Å²) in [5.41, 5.74) is 5.00. The molecule has 2 nitrogen and oxygen atoms in total. The second-order valence-electron chi connectivity index (χ2n) is 6.49. The van der Waals surface area contributed by atoms with Crippen LogP contribution in [-0.4, -0.2) is 27.3 Å². The number of H-pyrrole nitrogens is 1. The maximum Gasteiger partial charge on any atom is 0.136 e. The van der Waals surface area contributed by atoms with Gasteiger partial charge < -0.3 is 9.88 Å². The van der Waals surface area contributed by atoms with Crippen molar-refractivity contribution in [2.75, 3.05) is 13.1 Å². The summed E-state index contributed by atoms with van der Waals surface area (Å²) < 4.78 is 1.05. The zero-order valence-electron chi connectivity index (χ0n) is 14.2. The molecule has 0 saturated carbocycles. The molecule has 4 heteroatoms. The zero-order valence-corrected chi connectivity index (χ0v) is 15.8. The van der Waals surface area contributed by atoms with Crippen LogP contribution in [0.4, 0.5) is 0 Å². The smallest absolute Gasteiger partial charge is 0.136 e. The summed E-state index contributed by atoms with van der Waals surface area (Å²) in [5, 5.41) is 1.30. The Kier molecular flexibility index (Phi) is 5.09. The fraction of sp³-hybridized carbons (Fsp3) is 0.286. The van der Waals surface area contributed by atoms with E-state index >= 15 is 0 Å². The molecule has 1 fully saturated rings. The summed E-state index contributed by atoms with van der Waals surface area (Å²) in [5.74, 6) is 0.906. The van der Waals surface area contributed by atoms with E-state index in [1.165, 1.54) is 47.0 Å². The predicted octanol–water partition coefficient (Wildman–Crippen LogP) is 5.84. The number of benzene rings is 2. The lowest BCUT2D eigenvalue weighted by Crippen LogP contribution is -2.32. The molecule has 0 atom stereocenters. The van der Waals surface area contributed by atoms with Gasteiger partial charge in [-0.15, -0.1) is 0 Å². The lowest BCUT2D eigenvalue weighted by atomic mass is 10.1. The van der Waals surface area contributed by atoms with Gasteiger partial charge in [0.05, 0.1) is 5.69 Å². The predicted molar refractivity (Wildman–Crippen MR) is 113 cm³/mol. The number of hydrogen-bond acceptors (Lipinski definition) is 2. The van der Waals surface area contributed by atoms with Gasteiger partial charge in [-0.25, -0.2) is 0 Å². The molecular weight excluding hydrogens is 344 g/mol. The summed E-state index contributed by atoms with van der Waals surface area (Å²) >= 11 is 7.51. The molecule has 0 unspecified atom stereocenters. The van der Waals surface area contributed by atoms with Gasteiger partial charge in [0, 0.05) is 29.7 Å². The Morgan fingerprint density at radius 1 is 0.960 bits per heavy atom. The number of likely N-dealkylation sites (tertiary alicyclic amines) is 1. The molecule has 4 rings (SSSR count). The van der Waals surface area contributed by atoms with Crippen LogP contribution in [0.15, 0.2) is 54.6 Å². The number of nitrogens with one attached hydrogen (secondary N) is 1. The number of rotatable bonds is 3. The van der Waals surface area contributed by atoms with E-state index in [0.29, 0.717) is 0 Å². The van der Waals surface area contributed by atoms with E-state index < -0.39 is 0 Å². The van der Waals surface area contributed by atoms with Gasteiger partial charge in [-0.3, -0.25) is 0 Å². The molecule has 0 amide bonds. The van der Waals surface area contributed by atoms with Crippen LogP contribution in [0.1, 0.15) is 24.8 Å². The Hall–Kier alpha value is -1.78. The van der Waals surface area contributed by atoms with Crippen molar-refractivity contribution in [2.24, 2.45) is 0 Å². The van der Waals surface area contributed by atoms with Crippen LogP contribution in [0, 0.1) is 0 Å². The van der Waals surface area contributed by atoms with Crippen LogP contribution < -0.4 is 0 Å². The molecule has 2 heterocycles. The summed E-state index contributed by atoms with van der Waals surface area (Å²) in [7, 11) is 0. The molecule has 0 bridgehead atoms. The van der Waals surface area contributed by atoms with E-state index in [9.17, 15) is 0 Å². The molecule has 0 spiro atoms. The highest BCUT2D eigenvalue weighted by molar-refractivity contribution is 8.22. The van der Waals surface area contributed by atoms with Crippen LogP contribution in [0.3, 0.4) is 0 Å². The largest absolute Gasteiger partial charge is 0.358 e. The minimum atomic E-state index is 0.906. The number of thiocarbonyl (C=S) groups is 1. The molecule has 128 valence electrons. The lowest BCUT2D eigenvalue weighted by molar-refractivity contribution is 0.352. The summed E-state index contributed by atoms with van der Waals surface area (Å²) in [6.07, 6.45) is 3.87. The highest BCUT2D eigenvalue weighted by atomic mass is 32.2. The van der Waals surface area contributed by atoms with Crippen molar-refractivity contribution in [3.05, 3.63) is 60.2 Å². The Morgan fingerprint density at radius 3 is 2.48 bits per heavy atom. The van der Waals surface area contributed by atoms with Gasteiger partial charge >= 0.3 is 0 Å². The Labute approximate surface area is 158 Å². The monoisotopic (exact) mass is 366 g/mol.